The zero-order chi connectivity index (χ0) is 14.6. The smallest absolute Gasteiger partial charge is 0.292 e. The third kappa shape index (κ3) is 4.24. The minimum atomic E-state index is -0.483. The summed E-state index contributed by atoms with van der Waals surface area (Å²) >= 11 is 0. The molecule has 6 heteroatoms. The van der Waals surface area contributed by atoms with E-state index >= 15 is 0 Å². The Labute approximate surface area is 112 Å². The second-order valence-corrected chi connectivity index (χ2v) is 5.48. The van der Waals surface area contributed by atoms with Gasteiger partial charge in [-0.05, 0) is 17.5 Å². The fourth-order valence-corrected chi connectivity index (χ4v) is 1.48. The minimum absolute atomic E-state index is 0.0116. The summed E-state index contributed by atoms with van der Waals surface area (Å²) in [7, 11) is 1.58. The lowest BCUT2D eigenvalue weighted by molar-refractivity contribution is -0.383. The maximum Gasteiger partial charge on any atom is 0.292 e. The first-order chi connectivity index (χ1) is 8.74. The molecule has 0 aliphatic rings. The molecule has 0 heterocycles. The average Bonchev–Trinajstić information content (AvgIpc) is 2.34. The molecule has 0 aromatic heterocycles. The summed E-state index contributed by atoms with van der Waals surface area (Å²) in [5.74, 6) is -0.235. The van der Waals surface area contributed by atoms with Gasteiger partial charge in [-0.1, -0.05) is 20.8 Å². The Kier molecular flexibility index (Phi) is 4.47. The van der Waals surface area contributed by atoms with Crippen LogP contribution in [0, 0.1) is 15.5 Å². The maximum atomic E-state index is 11.9. The first-order valence-electron chi connectivity index (χ1n) is 5.99. The number of nitro benzene ring substituents is 1. The van der Waals surface area contributed by atoms with Gasteiger partial charge in [0.05, 0.1) is 4.92 Å². The van der Waals surface area contributed by atoms with Gasteiger partial charge in [0.2, 0.25) is 0 Å². The number of nitrogens with one attached hydrogen (secondary N) is 2. The monoisotopic (exact) mass is 265 g/mol. The van der Waals surface area contributed by atoms with Crippen LogP contribution < -0.4 is 10.6 Å². The van der Waals surface area contributed by atoms with E-state index in [2.05, 4.69) is 10.6 Å². The SMILES string of the molecule is CNc1cc(C(=O)NCC(C)(C)C)ccc1[N+](=O)[O-]. The van der Waals surface area contributed by atoms with Crippen LogP contribution in [0.5, 0.6) is 0 Å². The van der Waals surface area contributed by atoms with Crippen LogP contribution in [0.15, 0.2) is 18.2 Å². The van der Waals surface area contributed by atoms with Gasteiger partial charge in [-0.25, -0.2) is 0 Å². The summed E-state index contributed by atoms with van der Waals surface area (Å²) in [5, 5.41) is 16.3. The molecule has 2 N–H and O–H groups in total. The highest BCUT2D eigenvalue weighted by Gasteiger charge is 2.17. The normalized spacial score (nSPS) is 10.9. The molecule has 0 saturated heterocycles. The fourth-order valence-electron chi connectivity index (χ4n) is 1.48. The van der Waals surface area contributed by atoms with Crippen LogP contribution in [-0.4, -0.2) is 24.4 Å². The van der Waals surface area contributed by atoms with Gasteiger partial charge in [-0.3, -0.25) is 14.9 Å². The summed E-state index contributed by atoms with van der Waals surface area (Å²) in [4.78, 5) is 22.2. The topological polar surface area (TPSA) is 84.3 Å². The summed E-state index contributed by atoms with van der Waals surface area (Å²) in [6.07, 6.45) is 0. The summed E-state index contributed by atoms with van der Waals surface area (Å²) < 4.78 is 0. The molecule has 0 aliphatic heterocycles. The third-order valence-corrected chi connectivity index (χ3v) is 2.50. The number of nitro groups is 1. The van der Waals surface area contributed by atoms with Gasteiger partial charge in [-0.2, -0.15) is 0 Å². The van der Waals surface area contributed by atoms with E-state index in [-0.39, 0.29) is 17.0 Å². The first kappa shape index (κ1) is 14.9. The fraction of sp³-hybridized carbons (Fsp3) is 0.462. The number of benzene rings is 1. The molecule has 1 aromatic rings. The summed E-state index contributed by atoms with van der Waals surface area (Å²) in [5.41, 5.74) is 0.671. The Hall–Kier alpha value is -2.11. The third-order valence-electron chi connectivity index (χ3n) is 2.50. The maximum absolute atomic E-state index is 11.9. The molecule has 0 radical (unpaired) electrons. The predicted molar refractivity (Wildman–Crippen MR) is 74.4 cm³/mol. The number of carbonyl (C=O) groups is 1. The number of hydrogen-bond donors (Lipinski definition) is 2. The van der Waals surface area contributed by atoms with E-state index in [9.17, 15) is 14.9 Å². The molecule has 1 rings (SSSR count). The lowest BCUT2D eigenvalue weighted by Gasteiger charge is -2.18. The Morgan fingerprint density at radius 3 is 2.47 bits per heavy atom. The van der Waals surface area contributed by atoms with Gasteiger partial charge in [0.15, 0.2) is 0 Å². The molecule has 104 valence electrons. The van der Waals surface area contributed by atoms with Crippen LogP contribution in [0.25, 0.3) is 0 Å². The zero-order valence-electron chi connectivity index (χ0n) is 11.6. The number of rotatable bonds is 4. The molecule has 1 aromatic carbocycles. The highest BCUT2D eigenvalue weighted by molar-refractivity contribution is 5.95. The zero-order valence-corrected chi connectivity index (χ0v) is 11.6. The second kappa shape index (κ2) is 5.69. The van der Waals surface area contributed by atoms with Gasteiger partial charge in [0, 0.05) is 25.2 Å². The van der Waals surface area contributed by atoms with Crippen molar-refractivity contribution in [3.63, 3.8) is 0 Å². The van der Waals surface area contributed by atoms with Crippen LogP contribution in [0.2, 0.25) is 0 Å². The second-order valence-electron chi connectivity index (χ2n) is 5.48. The van der Waals surface area contributed by atoms with Gasteiger partial charge >= 0.3 is 0 Å². The predicted octanol–water partition coefficient (Wildman–Crippen LogP) is 2.41. The molecular weight excluding hydrogens is 246 g/mol. The highest BCUT2D eigenvalue weighted by Crippen LogP contribution is 2.24. The Morgan fingerprint density at radius 2 is 2.00 bits per heavy atom. The number of anilines is 1. The van der Waals surface area contributed by atoms with Crippen molar-refractivity contribution in [1.82, 2.24) is 5.32 Å². The van der Waals surface area contributed by atoms with Crippen LogP contribution in [0.3, 0.4) is 0 Å². The molecule has 0 fully saturated rings. The molecule has 0 atom stereocenters. The van der Waals surface area contributed by atoms with Crippen molar-refractivity contribution in [2.45, 2.75) is 20.8 Å². The van der Waals surface area contributed by atoms with E-state index in [0.717, 1.165) is 0 Å². The minimum Gasteiger partial charge on any atom is -0.383 e. The molecule has 6 nitrogen and oxygen atoms in total. The van der Waals surface area contributed by atoms with Crippen molar-refractivity contribution in [3.8, 4) is 0 Å². The van der Waals surface area contributed by atoms with E-state index in [1.54, 1.807) is 7.05 Å². The van der Waals surface area contributed by atoms with E-state index < -0.39 is 4.92 Å². The number of carbonyl (C=O) groups excluding carboxylic acids is 1. The van der Waals surface area contributed by atoms with E-state index in [1.807, 2.05) is 20.8 Å². The van der Waals surface area contributed by atoms with Gasteiger partial charge < -0.3 is 10.6 Å². The van der Waals surface area contributed by atoms with Crippen LogP contribution >= 0.6 is 0 Å². The average molecular weight is 265 g/mol. The molecule has 0 spiro atoms. The number of nitrogens with zero attached hydrogens (tertiary/aromatic N) is 1. The van der Waals surface area contributed by atoms with Gasteiger partial charge in [0.1, 0.15) is 5.69 Å². The Bertz CT molecular complexity index is 492. The molecule has 0 saturated carbocycles. The standard InChI is InChI=1S/C13H19N3O3/c1-13(2,3)8-15-12(17)9-5-6-11(16(18)19)10(7-9)14-4/h5-7,14H,8H2,1-4H3,(H,15,17). The van der Waals surface area contributed by atoms with Gasteiger partial charge in [-0.15, -0.1) is 0 Å². The van der Waals surface area contributed by atoms with Crippen molar-refractivity contribution in [1.29, 1.82) is 0 Å². The van der Waals surface area contributed by atoms with Crippen molar-refractivity contribution in [2.24, 2.45) is 5.41 Å². The van der Waals surface area contributed by atoms with Crippen LogP contribution in [0.1, 0.15) is 31.1 Å². The molecule has 0 bridgehead atoms. The largest absolute Gasteiger partial charge is 0.383 e. The molecular formula is C13H19N3O3. The molecule has 0 unspecified atom stereocenters. The van der Waals surface area contributed by atoms with E-state index in [1.165, 1.54) is 18.2 Å². The van der Waals surface area contributed by atoms with Gasteiger partial charge in [0.25, 0.3) is 11.6 Å². The molecule has 19 heavy (non-hydrogen) atoms. The quantitative estimate of drug-likeness (QED) is 0.646. The summed E-state index contributed by atoms with van der Waals surface area (Å²) in [6, 6.07) is 4.27. The number of amides is 1. The van der Waals surface area contributed by atoms with Crippen molar-refractivity contribution < 1.29 is 9.72 Å². The number of hydrogen-bond acceptors (Lipinski definition) is 4. The van der Waals surface area contributed by atoms with Crippen LogP contribution in [0.4, 0.5) is 11.4 Å². The van der Waals surface area contributed by atoms with Crippen molar-refractivity contribution in [2.75, 3.05) is 18.9 Å². The molecule has 1 amide bonds. The lowest BCUT2D eigenvalue weighted by Crippen LogP contribution is -2.32. The Morgan fingerprint density at radius 1 is 1.37 bits per heavy atom. The van der Waals surface area contributed by atoms with Crippen molar-refractivity contribution in [3.05, 3.63) is 33.9 Å². The summed E-state index contributed by atoms with van der Waals surface area (Å²) in [6.45, 7) is 6.59. The van der Waals surface area contributed by atoms with E-state index in [0.29, 0.717) is 17.8 Å². The van der Waals surface area contributed by atoms with E-state index in [4.69, 9.17) is 0 Å². The van der Waals surface area contributed by atoms with Crippen molar-refractivity contribution >= 4 is 17.3 Å². The highest BCUT2D eigenvalue weighted by atomic mass is 16.6. The van der Waals surface area contributed by atoms with Crippen LogP contribution in [-0.2, 0) is 0 Å². The Balaban J connectivity index is 2.90. The lowest BCUT2D eigenvalue weighted by atomic mass is 9.97. The first-order valence-corrected chi connectivity index (χ1v) is 5.99. The molecule has 0 aliphatic carbocycles.